The van der Waals surface area contributed by atoms with E-state index in [0.29, 0.717) is 0 Å². The zero-order chi connectivity index (χ0) is 36.4. The fraction of sp³-hybridized carbons (Fsp3) is 0.750. The van der Waals surface area contributed by atoms with Crippen molar-refractivity contribution in [2.45, 2.75) is 110 Å². The molecule has 3 aliphatic heterocycles. The first-order valence-corrected chi connectivity index (χ1v) is 15.4. The first-order valence-electron chi connectivity index (χ1n) is 15.4. The van der Waals surface area contributed by atoms with E-state index in [4.69, 9.17) is 46.4 Å². The third-order valence-electron chi connectivity index (χ3n) is 9.35. The standard InChI is InChI=1S/C28H44N6O15/c1-2-27(44,22(41)10-3-5-11(6-4-10)33-34-32)28(9-37)23(42)19(40)16(31)26(49-28)48-21-13(8-36)46-25(15(30)18(21)39)47-20-12(7-35)45-24(43)14(29)17(20)38/h3-6,12-21,23-26,35-40,42-44H,2,7-9,29-31H2,1H3/t12-,13-,14-,15-,16-,17-,18-,19-,20?,21?,23+,24-,25+,26+,27?,28-/m1/s1. The molecule has 21 heteroatoms. The van der Waals surface area contributed by atoms with Gasteiger partial charge in [0.25, 0.3) is 0 Å². The summed E-state index contributed by atoms with van der Waals surface area (Å²) in [7, 11) is 0. The lowest BCUT2D eigenvalue weighted by molar-refractivity contribution is -0.375. The van der Waals surface area contributed by atoms with E-state index >= 15 is 0 Å². The number of ether oxygens (including phenoxy) is 5. The summed E-state index contributed by atoms with van der Waals surface area (Å²) in [4.78, 5) is 16.4. The van der Waals surface area contributed by atoms with Crippen molar-refractivity contribution in [2.75, 3.05) is 19.8 Å². The molecule has 3 aliphatic rings. The van der Waals surface area contributed by atoms with Crippen LogP contribution in [0.3, 0.4) is 0 Å². The Morgan fingerprint density at radius 2 is 1.43 bits per heavy atom. The van der Waals surface area contributed by atoms with Crippen molar-refractivity contribution in [2.24, 2.45) is 22.3 Å². The summed E-state index contributed by atoms with van der Waals surface area (Å²) in [5, 5.41) is 99.6. The molecule has 1 aromatic carbocycles. The van der Waals surface area contributed by atoms with Crippen molar-refractivity contribution in [1.29, 1.82) is 0 Å². The molecule has 0 aliphatic carbocycles. The topological polar surface area (TPSA) is 372 Å². The van der Waals surface area contributed by atoms with Crippen LogP contribution in [0.1, 0.15) is 23.7 Å². The van der Waals surface area contributed by atoms with Gasteiger partial charge < -0.3 is 86.8 Å². The zero-order valence-electron chi connectivity index (χ0n) is 26.3. The van der Waals surface area contributed by atoms with Crippen molar-refractivity contribution >= 4 is 11.5 Å². The van der Waals surface area contributed by atoms with E-state index in [2.05, 4.69) is 10.0 Å². The van der Waals surface area contributed by atoms with Gasteiger partial charge in [-0.3, -0.25) is 4.79 Å². The number of benzene rings is 1. The number of Topliss-reactive ketones (excluding diaryl/α,β-unsaturated/α-hetero) is 1. The van der Waals surface area contributed by atoms with E-state index in [9.17, 15) is 50.8 Å². The van der Waals surface area contributed by atoms with Gasteiger partial charge in [-0.2, -0.15) is 0 Å². The van der Waals surface area contributed by atoms with Crippen LogP contribution in [-0.4, -0.2) is 169 Å². The Hall–Kier alpha value is -2.48. The van der Waals surface area contributed by atoms with Crippen LogP contribution in [0.5, 0.6) is 0 Å². The zero-order valence-corrected chi connectivity index (χ0v) is 26.3. The summed E-state index contributed by atoms with van der Waals surface area (Å²) in [5.74, 6) is -1.06. The van der Waals surface area contributed by atoms with Crippen LogP contribution in [-0.2, 0) is 23.7 Å². The molecule has 3 unspecified atom stereocenters. The van der Waals surface area contributed by atoms with E-state index < -0.39 is 129 Å². The maximum atomic E-state index is 13.8. The molecule has 0 amide bonds. The van der Waals surface area contributed by atoms with Gasteiger partial charge in [0.15, 0.2) is 35.9 Å². The Balaban J connectivity index is 1.60. The van der Waals surface area contributed by atoms with Crippen molar-refractivity contribution in [3.63, 3.8) is 0 Å². The van der Waals surface area contributed by atoms with Gasteiger partial charge in [0.1, 0.15) is 48.8 Å². The molecule has 15 N–H and O–H groups in total. The number of hydrogen-bond acceptors (Lipinski definition) is 19. The van der Waals surface area contributed by atoms with Crippen molar-refractivity contribution in [3.8, 4) is 0 Å². The molecule has 21 nitrogen and oxygen atoms in total. The van der Waals surface area contributed by atoms with Crippen molar-refractivity contribution < 1.29 is 74.4 Å². The van der Waals surface area contributed by atoms with Gasteiger partial charge in [0.05, 0.1) is 37.9 Å². The Kier molecular flexibility index (Phi) is 12.7. The highest BCUT2D eigenvalue weighted by atomic mass is 16.7. The Morgan fingerprint density at radius 3 is 1.96 bits per heavy atom. The van der Waals surface area contributed by atoms with Gasteiger partial charge in [0.2, 0.25) is 0 Å². The molecule has 0 aromatic heterocycles. The lowest BCUT2D eigenvalue weighted by Gasteiger charge is -2.55. The number of carbonyl (C=O) groups is 1. The molecule has 0 bridgehead atoms. The molecule has 0 saturated carbocycles. The third kappa shape index (κ3) is 7.06. The number of aliphatic hydroxyl groups excluding tert-OH is 8. The minimum absolute atomic E-state index is 0.146. The van der Waals surface area contributed by atoms with Crippen LogP contribution in [0.15, 0.2) is 29.4 Å². The molecular formula is C28H44N6O15. The fourth-order valence-corrected chi connectivity index (χ4v) is 6.30. The predicted molar refractivity (Wildman–Crippen MR) is 161 cm³/mol. The Labute approximate surface area is 278 Å². The van der Waals surface area contributed by atoms with Crippen molar-refractivity contribution in [3.05, 3.63) is 40.3 Å². The summed E-state index contributed by atoms with van der Waals surface area (Å²) in [6.45, 7) is -1.50. The normalized spacial score (nSPS) is 42.6. The number of aliphatic hydroxyl groups is 9. The molecule has 0 radical (unpaired) electrons. The molecule has 4 rings (SSSR count). The molecule has 3 heterocycles. The highest BCUT2D eigenvalue weighted by molar-refractivity contribution is 6.03. The molecule has 3 saturated heterocycles. The average molecular weight is 705 g/mol. The lowest BCUT2D eigenvalue weighted by Crippen LogP contribution is -2.78. The molecule has 276 valence electrons. The monoisotopic (exact) mass is 704 g/mol. The number of carbonyl (C=O) groups excluding carboxylic acids is 1. The quantitative estimate of drug-likeness (QED) is 0.0418. The van der Waals surface area contributed by atoms with E-state index in [1.54, 1.807) is 0 Å². The van der Waals surface area contributed by atoms with E-state index in [1.165, 1.54) is 31.2 Å². The second-order valence-electron chi connectivity index (χ2n) is 12.1. The second kappa shape index (κ2) is 15.8. The predicted octanol–water partition coefficient (Wildman–Crippen LogP) is -5.34. The van der Waals surface area contributed by atoms with Gasteiger partial charge in [0, 0.05) is 16.2 Å². The summed E-state index contributed by atoms with van der Waals surface area (Å²) in [6.07, 6.45) is -19.0. The lowest BCUT2D eigenvalue weighted by atomic mass is 9.69. The number of ketones is 1. The minimum atomic E-state index is -2.75. The van der Waals surface area contributed by atoms with Crippen LogP contribution < -0.4 is 17.2 Å². The maximum absolute atomic E-state index is 13.8. The van der Waals surface area contributed by atoms with Crippen molar-refractivity contribution in [1.82, 2.24) is 0 Å². The van der Waals surface area contributed by atoms with E-state index in [1.807, 2.05) is 0 Å². The first kappa shape index (κ1) is 39.3. The number of nitrogens with two attached hydrogens (primary N) is 3. The van der Waals surface area contributed by atoms with Gasteiger partial charge in [-0.05, 0) is 12.0 Å². The average Bonchev–Trinajstić information content (AvgIpc) is 3.11. The van der Waals surface area contributed by atoms with Crippen LogP contribution >= 0.6 is 0 Å². The first-order chi connectivity index (χ1) is 23.2. The van der Waals surface area contributed by atoms with Gasteiger partial charge in [-0.25, -0.2) is 0 Å². The highest BCUT2D eigenvalue weighted by Crippen LogP contribution is 2.43. The van der Waals surface area contributed by atoms with E-state index in [-0.39, 0.29) is 11.3 Å². The minimum Gasteiger partial charge on any atom is -0.394 e. The van der Waals surface area contributed by atoms with Gasteiger partial charge in [-0.15, -0.1) is 0 Å². The summed E-state index contributed by atoms with van der Waals surface area (Å²) >= 11 is 0. The molecule has 3 fully saturated rings. The molecule has 49 heavy (non-hydrogen) atoms. The SMILES string of the molecule is CCC(O)(C(=O)c1ccc(N=[N+]=[N-])cc1)[C@]1(CO)O[C@H](OC2[C@@H](CO)O[C@@H](OC3[C@@H](CO)O[C@@H](O)[C@H](N)[C@H]3O)[C@H](N)[C@H]2O)[C@H](N)[C@@H](O)[C@@H]1O. The molecular weight excluding hydrogens is 660 g/mol. The van der Waals surface area contributed by atoms with Crippen LogP contribution in [0.2, 0.25) is 0 Å². The smallest absolute Gasteiger partial charge is 0.197 e. The summed E-state index contributed by atoms with van der Waals surface area (Å²) in [6, 6.07) is 0.511. The third-order valence-corrected chi connectivity index (χ3v) is 9.35. The second-order valence-corrected chi connectivity index (χ2v) is 12.1. The highest BCUT2D eigenvalue weighted by Gasteiger charge is 2.66. The number of rotatable bonds is 12. The number of nitrogens with zero attached hydrogens (tertiary/aromatic N) is 3. The van der Waals surface area contributed by atoms with E-state index in [0.717, 1.165) is 0 Å². The van der Waals surface area contributed by atoms with Gasteiger partial charge in [-0.1, -0.05) is 36.3 Å². The van der Waals surface area contributed by atoms with Crippen LogP contribution in [0.4, 0.5) is 5.69 Å². The molecule has 0 spiro atoms. The molecule has 1 aromatic rings. The Bertz CT molecular complexity index is 1320. The summed E-state index contributed by atoms with van der Waals surface area (Å²) < 4.78 is 28.4. The van der Waals surface area contributed by atoms with Gasteiger partial charge >= 0.3 is 0 Å². The van der Waals surface area contributed by atoms with Crippen LogP contribution in [0, 0.1) is 0 Å². The van der Waals surface area contributed by atoms with Crippen LogP contribution in [0.25, 0.3) is 10.4 Å². The Morgan fingerprint density at radius 1 is 0.898 bits per heavy atom. The maximum Gasteiger partial charge on any atom is 0.197 e. The number of azide groups is 1. The fourth-order valence-electron chi connectivity index (χ4n) is 6.30. The largest absolute Gasteiger partial charge is 0.394 e. The summed E-state index contributed by atoms with van der Waals surface area (Å²) in [5.41, 5.74) is 21.3. The molecule has 16 atom stereocenters. The number of hydrogen-bond donors (Lipinski definition) is 12.